The third-order valence-corrected chi connectivity index (χ3v) is 1.95. The Morgan fingerprint density at radius 1 is 1.33 bits per heavy atom. The summed E-state index contributed by atoms with van der Waals surface area (Å²) in [6, 6.07) is 3.01. The summed E-state index contributed by atoms with van der Waals surface area (Å²) in [5.74, 6) is -0.660. The molecule has 0 atom stereocenters. The van der Waals surface area contributed by atoms with E-state index in [1.54, 1.807) is 6.07 Å². The number of unbranched alkanes of at least 4 members (excludes halogenated alkanes) is 2. The molecule has 0 saturated heterocycles. The summed E-state index contributed by atoms with van der Waals surface area (Å²) in [5, 5.41) is 20.1. The van der Waals surface area contributed by atoms with Crippen LogP contribution < -0.4 is 5.32 Å². The molecule has 1 heterocycles. The van der Waals surface area contributed by atoms with Crippen LogP contribution in [0.4, 0.5) is 5.88 Å². The number of carboxylic acids is 1. The molecule has 1 aromatic rings. The first-order chi connectivity index (χ1) is 7.24. The van der Waals surface area contributed by atoms with Crippen molar-refractivity contribution in [2.24, 2.45) is 0 Å². The standard InChI is InChI=1S/C10H15NO4/c12-7-3-1-2-6-11-9-5-4-8(15-9)10(13)14/h4-5,11-12H,1-3,6-7H2,(H,13,14). The second-order valence-electron chi connectivity index (χ2n) is 3.18. The zero-order chi connectivity index (χ0) is 11.1. The largest absolute Gasteiger partial charge is 0.475 e. The Labute approximate surface area is 87.7 Å². The quantitative estimate of drug-likeness (QED) is 0.598. The zero-order valence-corrected chi connectivity index (χ0v) is 8.40. The fourth-order valence-corrected chi connectivity index (χ4v) is 1.17. The number of hydrogen-bond acceptors (Lipinski definition) is 4. The van der Waals surface area contributed by atoms with E-state index < -0.39 is 5.97 Å². The van der Waals surface area contributed by atoms with Crippen LogP contribution in [0.15, 0.2) is 16.5 Å². The molecule has 0 aliphatic heterocycles. The van der Waals surface area contributed by atoms with Crippen LogP contribution in [0.2, 0.25) is 0 Å². The van der Waals surface area contributed by atoms with Gasteiger partial charge < -0.3 is 19.9 Å². The van der Waals surface area contributed by atoms with Crippen molar-refractivity contribution in [3.05, 3.63) is 17.9 Å². The lowest BCUT2D eigenvalue weighted by atomic mass is 10.2. The Morgan fingerprint density at radius 3 is 2.73 bits per heavy atom. The summed E-state index contributed by atoms with van der Waals surface area (Å²) in [5.41, 5.74) is 0. The molecule has 1 rings (SSSR count). The van der Waals surface area contributed by atoms with Gasteiger partial charge in [0.25, 0.3) is 0 Å². The van der Waals surface area contributed by atoms with Crippen LogP contribution >= 0.6 is 0 Å². The molecule has 5 nitrogen and oxygen atoms in total. The zero-order valence-electron chi connectivity index (χ0n) is 8.40. The summed E-state index contributed by atoms with van der Waals surface area (Å²) >= 11 is 0. The minimum atomic E-state index is -1.07. The average Bonchev–Trinajstić information content (AvgIpc) is 2.66. The molecule has 0 amide bonds. The van der Waals surface area contributed by atoms with Gasteiger partial charge in [-0.2, -0.15) is 0 Å². The third-order valence-electron chi connectivity index (χ3n) is 1.95. The van der Waals surface area contributed by atoms with Crippen molar-refractivity contribution in [3.8, 4) is 0 Å². The van der Waals surface area contributed by atoms with Crippen molar-refractivity contribution in [1.82, 2.24) is 0 Å². The molecule has 0 bridgehead atoms. The van der Waals surface area contributed by atoms with E-state index in [-0.39, 0.29) is 12.4 Å². The van der Waals surface area contributed by atoms with Gasteiger partial charge in [-0.25, -0.2) is 4.79 Å². The second kappa shape index (κ2) is 6.08. The maximum atomic E-state index is 10.5. The maximum Gasteiger partial charge on any atom is 0.371 e. The van der Waals surface area contributed by atoms with E-state index in [2.05, 4.69) is 5.32 Å². The van der Waals surface area contributed by atoms with Crippen LogP contribution in [0.5, 0.6) is 0 Å². The number of aromatic carboxylic acids is 1. The van der Waals surface area contributed by atoms with E-state index in [1.807, 2.05) is 0 Å². The number of anilines is 1. The molecule has 0 aliphatic carbocycles. The van der Waals surface area contributed by atoms with Crippen molar-refractivity contribution in [2.45, 2.75) is 19.3 Å². The number of carbonyl (C=O) groups is 1. The number of furan rings is 1. The van der Waals surface area contributed by atoms with Crippen LogP contribution in [-0.2, 0) is 0 Å². The summed E-state index contributed by atoms with van der Waals surface area (Å²) in [4.78, 5) is 10.5. The Hall–Kier alpha value is -1.49. The van der Waals surface area contributed by atoms with Gasteiger partial charge in [0, 0.05) is 19.2 Å². The van der Waals surface area contributed by atoms with E-state index in [0.717, 1.165) is 19.3 Å². The average molecular weight is 213 g/mol. The fraction of sp³-hybridized carbons (Fsp3) is 0.500. The molecule has 0 aromatic carbocycles. The molecule has 0 saturated carbocycles. The maximum absolute atomic E-state index is 10.5. The summed E-state index contributed by atoms with van der Waals surface area (Å²) < 4.78 is 4.99. The van der Waals surface area contributed by atoms with Crippen LogP contribution in [0.3, 0.4) is 0 Å². The van der Waals surface area contributed by atoms with Crippen LogP contribution in [-0.4, -0.2) is 29.3 Å². The van der Waals surface area contributed by atoms with Crippen molar-refractivity contribution in [1.29, 1.82) is 0 Å². The Kier molecular flexibility index (Phi) is 4.70. The number of nitrogens with one attached hydrogen (secondary N) is 1. The van der Waals surface area contributed by atoms with Crippen molar-refractivity contribution in [3.63, 3.8) is 0 Å². The first kappa shape index (κ1) is 11.6. The molecule has 15 heavy (non-hydrogen) atoms. The predicted octanol–water partition coefficient (Wildman–Crippen LogP) is 1.55. The molecule has 5 heteroatoms. The minimum Gasteiger partial charge on any atom is -0.475 e. The SMILES string of the molecule is O=C(O)c1ccc(NCCCCCO)o1. The monoisotopic (exact) mass is 213 g/mol. The number of aliphatic hydroxyl groups is 1. The van der Waals surface area contributed by atoms with Crippen molar-refractivity contribution >= 4 is 11.9 Å². The first-order valence-corrected chi connectivity index (χ1v) is 4.92. The van der Waals surface area contributed by atoms with Gasteiger partial charge in [-0.05, 0) is 25.3 Å². The molecular formula is C10H15NO4. The summed E-state index contributed by atoms with van der Waals surface area (Å²) in [6.45, 7) is 0.927. The summed E-state index contributed by atoms with van der Waals surface area (Å²) in [7, 11) is 0. The topological polar surface area (TPSA) is 82.7 Å². The fourth-order valence-electron chi connectivity index (χ4n) is 1.17. The van der Waals surface area contributed by atoms with E-state index in [9.17, 15) is 4.79 Å². The smallest absolute Gasteiger partial charge is 0.371 e. The Balaban J connectivity index is 2.23. The van der Waals surface area contributed by atoms with Crippen LogP contribution in [0.25, 0.3) is 0 Å². The minimum absolute atomic E-state index is 0.0622. The molecule has 3 N–H and O–H groups in total. The highest BCUT2D eigenvalue weighted by atomic mass is 16.4. The number of aliphatic hydroxyl groups excluding tert-OH is 1. The van der Waals surface area contributed by atoms with Crippen LogP contribution in [0.1, 0.15) is 29.8 Å². The van der Waals surface area contributed by atoms with E-state index in [4.69, 9.17) is 14.6 Å². The Morgan fingerprint density at radius 2 is 2.13 bits per heavy atom. The predicted molar refractivity (Wildman–Crippen MR) is 55.1 cm³/mol. The highest BCUT2D eigenvalue weighted by Gasteiger charge is 2.07. The lowest BCUT2D eigenvalue weighted by molar-refractivity contribution is 0.0663. The van der Waals surface area contributed by atoms with E-state index in [0.29, 0.717) is 12.4 Å². The van der Waals surface area contributed by atoms with Crippen LogP contribution in [0, 0.1) is 0 Å². The van der Waals surface area contributed by atoms with Crippen molar-refractivity contribution < 1.29 is 19.4 Å². The van der Waals surface area contributed by atoms with Gasteiger partial charge >= 0.3 is 5.97 Å². The highest BCUT2D eigenvalue weighted by molar-refractivity contribution is 5.84. The van der Waals surface area contributed by atoms with Gasteiger partial charge in [-0.15, -0.1) is 0 Å². The normalized spacial score (nSPS) is 10.2. The van der Waals surface area contributed by atoms with Crippen molar-refractivity contribution in [2.75, 3.05) is 18.5 Å². The molecule has 84 valence electrons. The van der Waals surface area contributed by atoms with Gasteiger partial charge in [-0.1, -0.05) is 0 Å². The molecule has 0 spiro atoms. The first-order valence-electron chi connectivity index (χ1n) is 4.92. The third kappa shape index (κ3) is 4.03. The molecule has 0 radical (unpaired) electrons. The highest BCUT2D eigenvalue weighted by Crippen LogP contribution is 2.13. The lowest BCUT2D eigenvalue weighted by Crippen LogP contribution is -2.00. The second-order valence-corrected chi connectivity index (χ2v) is 3.18. The van der Waals surface area contributed by atoms with Gasteiger partial charge in [-0.3, -0.25) is 0 Å². The molecular weight excluding hydrogens is 198 g/mol. The molecule has 0 aliphatic rings. The van der Waals surface area contributed by atoms with E-state index in [1.165, 1.54) is 6.07 Å². The van der Waals surface area contributed by atoms with Gasteiger partial charge in [0.05, 0.1) is 0 Å². The number of hydrogen-bond donors (Lipinski definition) is 3. The molecule has 0 unspecified atom stereocenters. The summed E-state index contributed by atoms with van der Waals surface area (Å²) in [6.07, 6.45) is 2.65. The van der Waals surface area contributed by atoms with E-state index >= 15 is 0 Å². The number of rotatable bonds is 7. The van der Waals surface area contributed by atoms with Gasteiger partial charge in [0.1, 0.15) is 0 Å². The Bertz CT molecular complexity index is 308. The lowest BCUT2D eigenvalue weighted by Gasteiger charge is -2.01. The van der Waals surface area contributed by atoms with Gasteiger partial charge in [0.2, 0.25) is 5.76 Å². The molecule has 1 aromatic heterocycles. The number of carboxylic acid groups (broad SMARTS) is 1. The molecule has 0 fully saturated rings. The van der Waals surface area contributed by atoms with Gasteiger partial charge in [0.15, 0.2) is 5.88 Å².